The van der Waals surface area contributed by atoms with E-state index >= 15 is 0 Å². The average Bonchev–Trinajstić information content (AvgIpc) is 3.78. The molecule has 6 atom stereocenters. The molecule has 54 heavy (non-hydrogen) atoms. The zero-order valence-electron chi connectivity index (χ0n) is 32.5. The number of likely N-dealkylation sites (tertiary alicyclic amines) is 1. The summed E-state index contributed by atoms with van der Waals surface area (Å²) in [5, 5.41) is 13.3. The number of carbonyl (C=O) groups is 5. The van der Waals surface area contributed by atoms with Gasteiger partial charge in [0.2, 0.25) is 27.6 Å². The van der Waals surface area contributed by atoms with Crippen molar-refractivity contribution in [1.82, 2.24) is 30.5 Å². The first-order valence-electron chi connectivity index (χ1n) is 19.5. The van der Waals surface area contributed by atoms with E-state index < -0.39 is 68.6 Å². The molecule has 15 heteroatoms. The highest BCUT2D eigenvalue weighted by Gasteiger charge is 2.70. The van der Waals surface area contributed by atoms with E-state index in [1.54, 1.807) is 16.3 Å². The second-order valence-corrected chi connectivity index (χ2v) is 21.1. The summed E-state index contributed by atoms with van der Waals surface area (Å²) in [6.07, 6.45) is 7.92. The third-order valence-corrected chi connectivity index (χ3v) is 15.8. The van der Waals surface area contributed by atoms with Gasteiger partial charge < -0.3 is 26.2 Å². The molecule has 3 heterocycles. The molecule has 1 aromatic heterocycles. The van der Waals surface area contributed by atoms with E-state index in [-0.39, 0.29) is 48.7 Å². The lowest BCUT2D eigenvalue weighted by Crippen LogP contribution is -2.63. The third kappa shape index (κ3) is 8.00. The number of carbonyl (C=O) groups excluding carboxylic acids is 5. The van der Waals surface area contributed by atoms with Crippen LogP contribution in [-0.2, 0) is 35.7 Å². The summed E-state index contributed by atoms with van der Waals surface area (Å²) in [7, 11) is -3.69. The maximum Gasteiger partial charge on any atom is 0.315 e. The number of amides is 5. The molecule has 5 aliphatic rings. The Balaban J connectivity index is 1.22. The van der Waals surface area contributed by atoms with E-state index in [9.17, 15) is 32.4 Å². The third-order valence-electron chi connectivity index (χ3n) is 12.9. The van der Waals surface area contributed by atoms with E-state index in [0.717, 1.165) is 37.0 Å². The Labute approximate surface area is 323 Å². The highest BCUT2D eigenvalue weighted by molar-refractivity contribution is 7.89. The number of thiophene rings is 1. The molecule has 4 fully saturated rings. The van der Waals surface area contributed by atoms with Crippen molar-refractivity contribution < 1.29 is 32.4 Å². The van der Waals surface area contributed by atoms with Crippen LogP contribution in [0.15, 0.2) is 29.0 Å². The number of ketones is 1. The Morgan fingerprint density at radius 2 is 1.72 bits per heavy atom. The molecule has 1 aromatic rings. The van der Waals surface area contributed by atoms with Crippen LogP contribution >= 0.6 is 11.3 Å². The van der Waals surface area contributed by atoms with Crippen LogP contribution in [0.5, 0.6) is 0 Å². The van der Waals surface area contributed by atoms with Gasteiger partial charge in [0, 0.05) is 37.1 Å². The Morgan fingerprint density at radius 1 is 1.04 bits per heavy atom. The summed E-state index contributed by atoms with van der Waals surface area (Å²) in [6, 6.07) is -2.37. The Hall–Kier alpha value is -3.30. The lowest BCUT2D eigenvalue weighted by atomic mass is 9.70. The monoisotopic (exact) mass is 786 g/mol. The Morgan fingerprint density at radius 3 is 2.33 bits per heavy atom. The van der Waals surface area contributed by atoms with Crippen molar-refractivity contribution in [3.63, 3.8) is 0 Å². The number of rotatable bonds is 14. The first kappa shape index (κ1) is 40.4. The molecule has 0 radical (unpaired) electrons. The van der Waals surface area contributed by atoms with Crippen LogP contribution in [-0.4, -0.2) is 91.0 Å². The number of fused-ring (bicyclic) bond motifs is 2. The maximum absolute atomic E-state index is 14.9. The summed E-state index contributed by atoms with van der Waals surface area (Å²) in [4.78, 5) is 72.0. The zero-order valence-corrected chi connectivity index (χ0v) is 34.2. The van der Waals surface area contributed by atoms with Gasteiger partial charge >= 0.3 is 6.03 Å². The van der Waals surface area contributed by atoms with Gasteiger partial charge in [0.25, 0.3) is 5.91 Å². The minimum absolute atomic E-state index is 0.0650. The van der Waals surface area contributed by atoms with Gasteiger partial charge in [0.1, 0.15) is 12.1 Å². The lowest BCUT2D eigenvalue weighted by Gasteiger charge is -2.43. The van der Waals surface area contributed by atoms with Crippen molar-refractivity contribution in [2.24, 2.45) is 34.0 Å². The van der Waals surface area contributed by atoms with Crippen LogP contribution in [0, 0.1) is 34.0 Å². The van der Waals surface area contributed by atoms with Gasteiger partial charge in [-0.2, -0.15) is 4.31 Å². The van der Waals surface area contributed by atoms with Crippen LogP contribution in [0.2, 0.25) is 0 Å². The number of hydrogen-bond donors (Lipinski definition) is 4. The SMILES string of the molecule is C=CCNC(=O)C(=O)C(CC1CC1)NC(=O)[C@@H]1[C@@H]2[C@H](CN1C(=O)[C@@H](NC(=O)N[C@H](CN1Cc3sccc3S1(=O)=O)C(C)(C)C)C1(C)CCCCC1)C2(C)C. The van der Waals surface area contributed by atoms with Crippen molar-refractivity contribution >= 4 is 50.9 Å². The highest BCUT2D eigenvalue weighted by atomic mass is 32.2. The van der Waals surface area contributed by atoms with Gasteiger partial charge in [0.05, 0.1) is 10.9 Å². The minimum Gasteiger partial charge on any atom is -0.346 e. The van der Waals surface area contributed by atoms with Crippen LogP contribution < -0.4 is 21.3 Å². The van der Waals surface area contributed by atoms with E-state index in [0.29, 0.717) is 30.7 Å². The summed E-state index contributed by atoms with van der Waals surface area (Å²) in [6.45, 7) is 16.4. The largest absolute Gasteiger partial charge is 0.346 e. The van der Waals surface area contributed by atoms with Crippen LogP contribution in [0.3, 0.4) is 0 Å². The number of nitrogens with one attached hydrogen (secondary N) is 4. The van der Waals surface area contributed by atoms with Crippen LogP contribution in [0.25, 0.3) is 0 Å². The maximum atomic E-state index is 14.9. The molecule has 6 rings (SSSR count). The molecule has 5 amide bonds. The second kappa shape index (κ2) is 15.0. The molecule has 0 aromatic carbocycles. The van der Waals surface area contributed by atoms with Crippen LogP contribution in [0.1, 0.15) is 97.8 Å². The fourth-order valence-corrected chi connectivity index (χ4v) is 12.0. The number of hydrogen-bond acceptors (Lipinski definition) is 8. The quantitative estimate of drug-likeness (QED) is 0.163. The van der Waals surface area contributed by atoms with Crippen molar-refractivity contribution in [2.45, 2.75) is 129 Å². The van der Waals surface area contributed by atoms with Gasteiger partial charge in [0.15, 0.2) is 0 Å². The van der Waals surface area contributed by atoms with E-state index in [1.165, 1.54) is 21.7 Å². The predicted molar refractivity (Wildman–Crippen MR) is 206 cm³/mol. The van der Waals surface area contributed by atoms with Gasteiger partial charge in [-0.1, -0.05) is 79.7 Å². The van der Waals surface area contributed by atoms with Crippen molar-refractivity contribution in [2.75, 3.05) is 19.6 Å². The number of Topliss-reactive ketones (excluding diaryl/α,β-unsaturated/α-hetero) is 1. The Kier molecular flexibility index (Phi) is 11.2. The molecule has 298 valence electrons. The standard InChI is InChI=1S/C39H58N6O7S2/c1-8-17-40-34(48)31(46)25(19-23-12-13-23)41-33(47)30-29-24(38(29,5)6)20-45(30)35(49)32(39(7)15-10-9-11-16-39)43-36(50)42-28(37(2,3)4)22-44-21-26-27(14-18-53-26)54(44,51)52/h8,14,18,23-25,28-30,32H,1,9-13,15-17,19-22H2,2-7H3,(H,40,48)(H,41,47)(H2,42,43,50)/t24-,25?,28+,29-,30-,32+/m0/s1. The van der Waals surface area contributed by atoms with E-state index in [2.05, 4.69) is 41.7 Å². The van der Waals surface area contributed by atoms with Crippen molar-refractivity contribution in [3.8, 4) is 0 Å². The van der Waals surface area contributed by atoms with Crippen molar-refractivity contribution in [1.29, 1.82) is 0 Å². The molecule has 2 aliphatic heterocycles. The summed E-state index contributed by atoms with van der Waals surface area (Å²) in [5.74, 6) is -2.12. The highest BCUT2D eigenvalue weighted by Crippen LogP contribution is 2.65. The number of nitrogens with zero attached hydrogens (tertiary/aromatic N) is 2. The normalized spacial score (nSPS) is 26.7. The Bertz CT molecular complexity index is 1770. The minimum atomic E-state index is -3.69. The molecule has 1 unspecified atom stereocenters. The van der Waals surface area contributed by atoms with Gasteiger partial charge in [-0.15, -0.1) is 17.9 Å². The van der Waals surface area contributed by atoms with E-state index in [4.69, 9.17) is 0 Å². The summed E-state index contributed by atoms with van der Waals surface area (Å²) >= 11 is 1.40. The molecule has 3 aliphatic carbocycles. The number of urea groups is 1. The average molecular weight is 787 g/mol. The van der Waals surface area contributed by atoms with Gasteiger partial charge in [-0.05, 0) is 64.7 Å². The van der Waals surface area contributed by atoms with Crippen molar-refractivity contribution in [3.05, 3.63) is 29.0 Å². The van der Waals surface area contributed by atoms with Gasteiger partial charge in [-0.25, -0.2) is 13.2 Å². The molecule has 3 saturated carbocycles. The number of piperidine rings is 1. The predicted octanol–water partition coefficient (Wildman–Crippen LogP) is 3.94. The van der Waals surface area contributed by atoms with Gasteiger partial charge in [-0.3, -0.25) is 19.2 Å². The van der Waals surface area contributed by atoms with Crippen LogP contribution in [0.4, 0.5) is 4.79 Å². The number of sulfonamides is 1. The summed E-state index contributed by atoms with van der Waals surface area (Å²) in [5.41, 5.74) is -1.32. The lowest BCUT2D eigenvalue weighted by molar-refractivity contribution is -0.146. The second-order valence-electron chi connectivity index (χ2n) is 18.2. The smallest absolute Gasteiger partial charge is 0.315 e. The van der Waals surface area contributed by atoms with E-state index in [1.807, 2.05) is 27.7 Å². The fraction of sp³-hybridized carbons (Fsp3) is 0.718. The molecular weight excluding hydrogens is 729 g/mol. The molecule has 0 bridgehead atoms. The first-order valence-corrected chi connectivity index (χ1v) is 21.8. The topological polar surface area (TPSA) is 174 Å². The fourth-order valence-electron chi connectivity index (χ4n) is 9.04. The molecule has 1 saturated heterocycles. The first-order chi connectivity index (χ1) is 25.3. The molecule has 4 N–H and O–H groups in total. The molecule has 13 nitrogen and oxygen atoms in total. The zero-order chi connectivity index (χ0) is 39.4. The summed E-state index contributed by atoms with van der Waals surface area (Å²) < 4.78 is 28.1. The molecule has 0 spiro atoms. The molecular formula is C39H58N6O7S2.